The zero-order valence-corrected chi connectivity index (χ0v) is 18.4. The standard InChI is InChI=1S/C18H15OSi.3CH3O.Ti/c19-20(16-10-4-1-5-11-16,17-12-6-2-7-13-17)18-14-8-3-9-15-18;3*1-2;/h1-15H;3*1H3;/q4*-1;+4. The monoisotopic (exact) mass is 416 g/mol. The second-order valence-corrected chi connectivity index (χ2v) is 13.7. The van der Waals surface area contributed by atoms with Crippen molar-refractivity contribution in [2.75, 3.05) is 21.3 Å². The summed E-state index contributed by atoms with van der Waals surface area (Å²) < 4.78 is 24.0. The molecule has 0 saturated carbocycles. The third-order valence-corrected chi connectivity index (χ3v) is 13.5. The maximum atomic E-state index is 6.89. The molecule has 0 radical (unpaired) electrons. The van der Waals surface area contributed by atoms with Crippen molar-refractivity contribution in [3.8, 4) is 0 Å². The van der Waals surface area contributed by atoms with Crippen LogP contribution in [0.2, 0.25) is 0 Å². The molecule has 0 aromatic heterocycles. The van der Waals surface area contributed by atoms with Gasteiger partial charge in [0, 0.05) is 0 Å². The summed E-state index contributed by atoms with van der Waals surface area (Å²) in [5.74, 6) is 0. The first-order valence-electron chi connectivity index (χ1n) is 8.73. The molecule has 4 nitrogen and oxygen atoms in total. The Balaban J connectivity index is 2.32. The van der Waals surface area contributed by atoms with Gasteiger partial charge in [-0.1, -0.05) is 0 Å². The summed E-state index contributed by atoms with van der Waals surface area (Å²) in [5, 5.41) is 3.34. The Morgan fingerprint density at radius 3 is 1.07 bits per heavy atom. The van der Waals surface area contributed by atoms with E-state index in [4.69, 9.17) is 13.0 Å². The molecule has 140 valence electrons. The van der Waals surface area contributed by atoms with E-state index in [1.165, 1.54) is 0 Å². The Morgan fingerprint density at radius 2 is 0.815 bits per heavy atom. The first-order chi connectivity index (χ1) is 13.2. The van der Waals surface area contributed by atoms with E-state index in [1.54, 1.807) is 21.3 Å². The molecule has 0 spiro atoms. The SMILES string of the molecule is C[O][Ti]([O]C)([O]C)[O][Si](c1ccccc1)(c1ccccc1)c1ccccc1. The zero-order valence-electron chi connectivity index (χ0n) is 15.8. The van der Waals surface area contributed by atoms with Crippen molar-refractivity contribution in [1.82, 2.24) is 0 Å². The van der Waals surface area contributed by atoms with E-state index in [1.807, 2.05) is 54.6 Å². The van der Waals surface area contributed by atoms with Gasteiger partial charge in [0.05, 0.1) is 0 Å². The summed E-state index contributed by atoms with van der Waals surface area (Å²) in [5.41, 5.74) is 0. The van der Waals surface area contributed by atoms with Gasteiger partial charge in [0.2, 0.25) is 0 Å². The second kappa shape index (κ2) is 9.08. The third-order valence-electron chi connectivity index (χ3n) is 4.57. The van der Waals surface area contributed by atoms with Gasteiger partial charge in [0.15, 0.2) is 0 Å². The van der Waals surface area contributed by atoms with Gasteiger partial charge >= 0.3 is 167 Å². The quantitative estimate of drug-likeness (QED) is 0.418. The minimum atomic E-state index is -3.94. The van der Waals surface area contributed by atoms with Gasteiger partial charge < -0.3 is 0 Å². The molecule has 0 aliphatic rings. The molecular weight excluding hydrogens is 392 g/mol. The van der Waals surface area contributed by atoms with Crippen LogP contribution in [0.4, 0.5) is 0 Å². The Bertz CT molecular complexity index is 722. The van der Waals surface area contributed by atoms with Crippen molar-refractivity contribution >= 4 is 23.9 Å². The van der Waals surface area contributed by atoms with Crippen LogP contribution in [-0.2, 0) is 31.1 Å². The second-order valence-electron chi connectivity index (χ2n) is 5.99. The average molecular weight is 416 g/mol. The van der Waals surface area contributed by atoms with Crippen LogP contribution in [-0.4, -0.2) is 29.6 Å². The van der Waals surface area contributed by atoms with Gasteiger partial charge in [-0.3, -0.25) is 0 Å². The number of benzene rings is 3. The van der Waals surface area contributed by atoms with E-state index in [0.29, 0.717) is 0 Å². The molecule has 0 amide bonds. The van der Waals surface area contributed by atoms with Crippen molar-refractivity contribution < 1.29 is 31.1 Å². The van der Waals surface area contributed by atoms with Crippen LogP contribution >= 0.6 is 0 Å². The van der Waals surface area contributed by atoms with Gasteiger partial charge in [0.25, 0.3) is 0 Å². The van der Waals surface area contributed by atoms with Gasteiger partial charge in [-0.2, -0.15) is 0 Å². The number of hydrogen-bond donors (Lipinski definition) is 0. The van der Waals surface area contributed by atoms with Crippen LogP contribution in [0, 0.1) is 0 Å². The summed E-state index contributed by atoms with van der Waals surface area (Å²) in [6.45, 7) is 0. The molecule has 0 bridgehead atoms. The summed E-state index contributed by atoms with van der Waals surface area (Å²) in [7, 11) is 1.86. The van der Waals surface area contributed by atoms with E-state index in [2.05, 4.69) is 36.4 Å². The van der Waals surface area contributed by atoms with E-state index in [0.717, 1.165) is 15.6 Å². The van der Waals surface area contributed by atoms with E-state index in [9.17, 15) is 0 Å². The maximum absolute atomic E-state index is 6.89. The van der Waals surface area contributed by atoms with Crippen molar-refractivity contribution in [2.24, 2.45) is 0 Å². The zero-order chi connectivity index (χ0) is 19.2. The fourth-order valence-electron chi connectivity index (χ4n) is 3.26. The fourth-order valence-corrected chi connectivity index (χ4v) is 12.6. The molecule has 6 heteroatoms. The van der Waals surface area contributed by atoms with Crippen LogP contribution in [0.1, 0.15) is 0 Å². The molecule has 0 unspecified atom stereocenters. The normalized spacial score (nSPS) is 12.1. The van der Waals surface area contributed by atoms with Crippen LogP contribution in [0.5, 0.6) is 0 Å². The van der Waals surface area contributed by atoms with Crippen LogP contribution in [0.15, 0.2) is 91.0 Å². The van der Waals surface area contributed by atoms with Gasteiger partial charge in [-0.05, 0) is 0 Å². The number of hydrogen-bond acceptors (Lipinski definition) is 4. The Labute approximate surface area is 167 Å². The topological polar surface area (TPSA) is 36.9 Å². The van der Waals surface area contributed by atoms with Crippen molar-refractivity contribution in [3.63, 3.8) is 0 Å². The third kappa shape index (κ3) is 4.00. The molecule has 0 heterocycles. The molecule has 0 saturated heterocycles. The molecule has 0 fully saturated rings. The molecular formula is C21H24O4SiTi. The van der Waals surface area contributed by atoms with E-state index in [-0.39, 0.29) is 0 Å². The minimum absolute atomic E-state index is 1.11. The molecule has 0 N–H and O–H groups in total. The number of rotatable bonds is 8. The Hall–Kier alpha value is -1.57. The summed E-state index contributed by atoms with van der Waals surface area (Å²) in [6, 6.07) is 30.9. The molecule has 3 aromatic rings. The summed E-state index contributed by atoms with van der Waals surface area (Å²) >= 11 is -3.94. The van der Waals surface area contributed by atoms with Gasteiger partial charge in [0.1, 0.15) is 0 Å². The van der Waals surface area contributed by atoms with E-state index >= 15 is 0 Å². The van der Waals surface area contributed by atoms with Crippen LogP contribution in [0.25, 0.3) is 0 Å². The Morgan fingerprint density at radius 1 is 0.519 bits per heavy atom. The molecule has 3 rings (SSSR count). The first-order valence-corrected chi connectivity index (χ1v) is 13.2. The molecule has 0 atom stereocenters. The van der Waals surface area contributed by atoms with Gasteiger partial charge in [-0.15, -0.1) is 0 Å². The molecule has 0 aliphatic carbocycles. The van der Waals surface area contributed by atoms with Crippen molar-refractivity contribution in [2.45, 2.75) is 0 Å². The summed E-state index contributed by atoms with van der Waals surface area (Å²) in [4.78, 5) is 0. The first kappa shape index (κ1) is 20.2. The molecule has 0 aliphatic heterocycles. The average Bonchev–Trinajstić information content (AvgIpc) is 2.77. The molecule has 3 aromatic carbocycles. The fraction of sp³-hybridized carbons (Fsp3) is 0.143. The predicted octanol–water partition coefficient (Wildman–Crippen LogP) is 2.42. The van der Waals surface area contributed by atoms with Gasteiger partial charge in [-0.25, -0.2) is 0 Å². The van der Waals surface area contributed by atoms with Crippen molar-refractivity contribution in [3.05, 3.63) is 91.0 Å². The molecule has 27 heavy (non-hydrogen) atoms. The Kier molecular flexibility index (Phi) is 6.79. The van der Waals surface area contributed by atoms with Crippen molar-refractivity contribution in [1.29, 1.82) is 0 Å². The predicted molar refractivity (Wildman–Crippen MR) is 106 cm³/mol. The van der Waals surface area contributed by atoms with Crippen LogP contribution in [0.3, 0.4) is 0 Å². The summed E-state index contributed by atoms with van der Waals surface area (Å²) in [6.07, 6.45) is 0. The van der Waals surface area contributed by atoms with Crippen LogP contribution < -0.4 is 15.6 Å². The van der Waals surface area contributed by atoms with E-state index < -0.39 is 26.5 Å².